The number of carbonyl (C=O) groups is 1. The van der Waals surface area contributed by atoms with Crippen molar-refractivity contribution in [2.45, 2.75) is 45.8 Å². The molecule has 94 valence electrons. The van der Waals surface area contributed by atoms with Gasteiger partial charge >= 0.3 is 5.97 Å². The van der Waals surface area contributed by atoms with Crippen molar-refractivity contribution in [3.8, 4) is 0 Å². The molecule has 1 heterocycles. The standard InChI is InChI=1S/C12H19N3O2/c1-3-15-10(6-8(2)14-15)7-13-11(12(16)17)9-4-5-9/h6,9,11,13H,3-5,7H2,1-2H3,(H,16,17). The third-order valence-corrected chi connectivity index (χ3v) is 3.15. The first-order chi connectivity index (χ1) is 8.11. The summed E-state index contributed by atoms with van der Waals surface area (Å²) < 4.78 is 1.91. The molecular formula is C12H19N3O2. The van der Waals surface area contributed by atoms with E-state index in [0.29, 0.717) is 12.5 Å². The Morgan fingerprint density at radius 3 is 2.94 bits per heavy atom. The molecule has 1 fully saturated rings. The van der Waals surface area contributed by atoms with Crippen LogP contribution in [0.5, 0.6) is 0 Å². The molecule has 1 unspecified atom stereocenters. The highest BCUT2D eigenvalue weighted by atomic mass is 16.4. The summed E-state index contributed by atoms with van der Waals surface area (Å²) in [5.41, 5.74) is 2.03. The lowest BCUT2D eigenvalue weighted by molar-refractivity contribution is -0.140. The number of nitrogens with zero attached hydrogens (tertiary/aromatic N) is 2. The largest absolute Gasteiger partial charge is 0.480 e. The maximum atomic E-state index is 11.1. The molecule has 0 aliphatic heterocycles. The van der Waals surface area contributed by atoms with E-state index in [1.54, 1.807) is 0 Å². The van der Waals surface area contributed by atoms with Crippen molar-refractivity contribution < 1.29 is 9.90 Å². The molecule has 17 heavy (non-hydrogen) atoms. The van der Waals surface area contributed by atoms with Gasteiger partial charge in [-0.15, -0.1) is 0 Å². The molecule has 5 heteroatoms. The molecule has 1 atom stereocenters. The molecule has 5 nitrogen and oxygen atoms in total. The summed E-state index contributed by atoms with van der Waals surface area (Å²) in [6.45, 7) is 5.37. The van der Waals surface area contributed by atoms with Crippen LogP contribution in [0.4, 0.5) is 0 Å². The molecule has 0 amide bonds. The molecule has 1 aliphatic carbocycles. The second kappa shape index (κ2) is 4.87. The van der Waals surface area contributed by atoms with Crippen molar-refractivity contribution in [3.05, 3.63) is 17.5 Å². The molecule has 1 aliphatic rings. The summed E-state index contributed by atoms with van der Waals surface area (Å²) in [5.74, 6) is -0.432. The quantitative estimate of drug-likeness (QED) is 0.779. The Kier molecular flexibility index (Phi) is 3.47. The average Bonchev–Trinajstić information content (AvgIpc) is 3.02. The van der Waals surface area contributed by atoms with Crippen molar-refractivity contribution in [1.29, 1.82) is 0 Å². The van der Waals surface area contributed by atoms with Crippen molar-refractivity contribution in [2.24, 2.45) is 5.92 Å². The van der Waals surface area contributed by atoms with E-state index in [2.05, 4.69) is 10.4 Å². The number of rotatable bonds is 6. The fourth-order valence-electron chi connectivity index (χ4n) is 2.11. The summed E-state index contributed by atoms with van der Waals surface area (Å²) in [6, 6.07) is 1.60. The van der Waals surface area contributed by atoms with E-state index >= 15 is 0 Å². The number of hydrogen-bond acceptors (Lipinski definition) is 3. The van der Waals surface area contributed by atoms with Gasteiger partial charge in [-0.05, 0) is 38.7 Å². The highest BCUT2D eigenvalue weighted by Gasteiger charge is 2.35. The van der Waals surface area contributed by atoms with Crippen LogP contribution < -0.4 is 5.32 Å². The first-order valence-electron chi connectivity index (χ1n) is 6.11. The van der Waals surface area contributed by atoms with Gasteiger partial charge in [0.25, 0.3) is 0 Å². The third kappa shape index (κ3) is 2.85. The summed E-state index contributed by atoms with van der Waals surface area (Å²) in [6.07, 6.45) is 2.05. The second-order valence-corrected chi connectivity index (χ2v) is 4.63. The predicted octanol–water partition coefficient (Wildman–Crippen LogP) is 1.16. The van der Waals surface area contributed by atoms with Crippen molar-refractivity contribution >= 4 is 5.97 Å². The van der Waals surface area contributed by atoms with E-state index in [0.717, 1.165) is 30.8 Å². The van der Waals surface area contributed by atoms with Gasteiger partial charge in [0.1, 0.15) is 6.04 Å². The van der Waals surface area contributed by atoms with Crippen LogP contribution >= 0.6 is 0 Å². The molecule has 1 saturated carbocycles. The van der Waals surface area contributed by atoms with Gasteiger partial charge < -0.3 is 5.11 Å². The predicted molar refractivity (Wildman–Crippen MR) is 63.6 cm³/mol. The van der Waals surface area contributed by atoms with Gasteiger partial charge in [0.2, 0.25) is 0 Å². The maximum absolute atomic E-state index is 11.1. The Morgan fingerprint density at radius 1 is 1.71 bits per heavy atom. The normalized spacial score (nSPS) is 17.1. The lowest BCUT2D eigenvalue weighted by atomic mass is 10.2. The van der Waals surface area contributed by atoms with E-state index in [1.807, 2.05) is 24.6 Å². The van der Waals surface area contributed by atoms with Crippen LogP contribution in [0.1, 0.15) is 31.2 Å². The Balaban J connectivity index is 1.97. The number of carboxylic acids is 1. The lowest BCUT2D eigenvalue weighted by Gasteiger charge is -2.13. The van der Waals surface area contributed by atoms with E-state index in [1.165, 1.54) is 0 Å². The summed E-state index contributed by atoms with van der Waals surface area (Å²) >= 11 is 0. The van der Waals surface area contributed by atoms with Gasteiger partial charge in [-0.3, -0.25) is 14.8 Å². The highest BCUT2D eigenvalue weighted by Crippen LogP contribution is 2.32. The van der Waals surface area contributed by atoms with Crippen LogP contribution in [0.2, 0.25) is 0 Å². The molecule has 2 N–H and O–H groups in total. The molecule has 0 radical (unpaired) electrons. The van der Waals surface area contributed by atoms with Crippen molar-refractivity contribution in [2.75, 3.05) is 0 Å². The van der Waals surface area contributed by atoms with Gasteiger partial charge in [0.05, 0.1) is 11.4 Å². The van der Waals surface area contributed by atoms with E-state index in [-0.39, 0.29) is 0 Å². The van der Waals surface area contributed by atoms with Gasteiger partial charge in [0, 0.05) is 13.1 Å². The first-order valence-corrected chi connectivity index (χ1v) is 6.11. The van der Waals surface area contributed by atoms with Crippen molar-refractivity contribution in [1.82, 2.24) is 15.1 Å². The van der Waals surface area contributed by atoms with Gasteiger partial charge in [-0.1, -0.05) is 0 Å². The lowest BCUT2D eigenvalue weighted by Crippen LogP contribution is -2.38. The minimum atomic E-state index is -0.744. The molecule has 2 rings (SSSR count). The van der Waals surface area contributed by atoms with Crippen LogP contribution in [0, 0.1) is 12.8 Å². The zero-order chi connectivity index (χ0) is 12.4. The summed E-state index contributed by atoms with van der Waals surface area (Å²) in [5, 5.41) is 16.6. The number of aliphatic carboxylic acids is 1. The smallest absolute Gasteiger partial charge is 0.320 e. The highest BCUT2D eigenvalue weighted by molar-refractivity contribution is 5.74. The fraction of sp³-hybridized carbons (Fsp3) is 0.667. The van der Waals surface area contributed by atoms with Gasteiger partial charge in [-0.25, -0.2) is 0 Å². The van der Waals surface area contributed by atoms with E-state index in [4.69, 9.17) is 5.11 Å². The topological polar surface area (TPSA) is 67.2 Å². The Labute approximate surface area is 101 Å². The molecular weight excluding hydrogens is 218 g/mol. The van der Waals surface area contributed by atoms with Crippen LogP contribution in [0.25, 0.3) is 0 Å². The maximum Gasteiger partial charge on any atom is 0.320 e. The minimum absolute atomic E-state index is 0.312. The van der Waals surface area contributed by atoms with Crippen LogP contribution in [-0.2, 0) is 17.9 Å². The molecule has 0 aromatic carbocycles. The van der Waals surface area contributed by atoms with Crippen LogP contribution in [0.15, 0.2) is 6.07 Å². The molecule has 0 spiro atoms. The molecule has 1 aromatic rings. The number of nitrogens with one attached hydrogen (secondary N) is 1. The Hall–Kier alpha value is -1.36. The molecule has 0 bridgehead atoms. The molecule has 0 saturated heterocycles. The summed E-state index contributed by atoms with van der Waals surface area (Å²) in [4.78, 5) is 11.1. The summed E-state index contributed by atoms with van der Waals surface area (Å²) in [7, 11) is 0. The fourth-order valence-corrected chi connectivity index (χ4v) is 2.11. The average molecular weight is 237 g/mol. The minimum Gasteiger partial charge on any atom is -0.480 e. The van der Waals surface area contributed by atoms with Crippen LogP contribution in [0.3, 0.4) is 0 Å². The Morgan fingerprint density at radius 2 is 2.41 bits per heavy atom. The van der Waals surface area contributed by atoms with Crippen molar-refractivity contribution in [3.63, 3.8) is 0 Å². The monoisotopic (exact) mass is 237 g/mol. The number of carboxylic acid groups (broad SMARTS) is 1. The number of aromatic nitrogens is 2. The van der Waals surface area contributed by atoms with E-state index < -0.39 is 12.0 Å². The SMILES string of the molecule is CCn1nc(C)cc1CNC(C(=O)O)C1CC1. The third-order valence-electron chi connectivity index (χ3n) is 3.15. The van der Waals surface area contributed by atoms with Gasteiger partial charge in [0.15, 0.2) is 0 Å². The second-order valence-electron chi connectivity index (χ2n) is 4.63. The molecule has 1 aromatic heterocycles. The number of aryl methyl sites for hydroxylation is 2. The van der Waals surface area contributed by atoms with Gasteiger partial charge in [-0.2, -0.15) is 5.10 Å². The Bertz CT molecular complexity index is 410. The van der Waals surface area contributed by atoms with Crippen LogP contribution in [-0.4, -0.2) is 26.9 Å². The number of hydrogen-bond donors (Lipinski definition) is 2. The first kappa shape index (κ1) is 12.1. The zero-order valence-electron chi connectivity index (χ0n) is 10.3. The van der Waals surface area contributed by atoms with E-state index in [9.17, 15) is 4.79 Å². The zero-order valence-corrected chi connectivity index (χ0v) is 10.3.